The summed E-state index contributed by atoms with van der Waals surface area (Å²) >= 11 is 3.95. The van der Waals surface area contributed by atoms with E-state index in [1.54, 1.807) is 13.0 Å². The predicted molar refractivity (Wildman–Crippen MR) is 82.0 cm³/mol. The van der Waals surface area contributed by atoms with Gasteiger partial charge in [-0.05, 0) is 36.8 Å². The van der Waals surface area contributed by atoms with Crippen LogP contribution in [0.1, 0.15) is 44.4 Å². The highest BCUT2D eigenvalue weighted by molar-refractivity contribution is 7.77. The minimum Gasteiger partial charge on any atom is -0.377 e. The summed E-state index contributed by atoms with van der Waals surface area (Å²) < 4.78 is 1.10. The van der Waals surface area contributed by atoms with Crippen LogP contribution in [0.3, 0.4) is 0 Å². The van der Waals surface area contributed by atoms with Gasteiger partial charge >= 0.3 is 5.97 Å². The minimum absolute atomic E-state index is 0.441. The molecule has 0 amide bonds. The summed E-state index contributed by atoms with van der Waals surface area (Å²) in [4.78, 5) is 16.7. The lowest BCUT2D eigenvalue weighted by Crippen LogP contribution is -2.24. The van der Waals surface area contributed by atoms with Gasteiger partial charge in [0.2, 0.25) is 0 Å². The zero-order chi connectivity index (χ0) is 15.1. The molecule has 0 aliphatic carbocycles. The molecular formula is C15H23NO3S. The zero-order valence-electron chi connectivity index (χ0n) is 12.2. The van der Waals surface area contributed by atoms with Gasteiger partial charge in [0, 0.05) is 6.54 Å². The fourth-order valence-corrected chi connectivity index (χ4v) is 1.90. The number of aliphatic hydroxyl groups is 1. The minimum atomic E-state index is -1.28. The summed E-state index contributed by atoms with van der Waals surface area (Å²) in [6.07, 6.45) is 0.558. The van der Waals surface area contributed by atoms with Gasteiger partial charge in [0.25, 0.3) is 0 Å². The van der Waals surface area contributed by atoms with Crippen molar-refractivity contribution in [1.82, 2.24) is 4.47 Å². The number of carbonyl (C=O) groups excluding carboxylic acids is 1. The molecule has 0 aromatic heterocycles. The topological polar surface area (TPSA) is 49.8 Å². The first-order valence-corrected chi connectivity index (χ1v) is 7.29. The van der Waals surface area contributed by atoms with Gasteiger partial charge in [0.15, 0.2) is 6.10 Å². The Kier molecular flexibility index (Phi) is 7.05. The summed E-state index contributed by atoms with van der Waals surface area (Å²) in [6, 6.07) is 7.42. The third kappa shape index (κ3) is 5.15. The van der Waals surface area contributed by atoms with Crippen LogP contribution in [0.25, 0.3) is 0 Å². The molecule has 0 radical (unpaired) electrons. The Morgan fingerprint density at radius 2 is 2.05 bits per heavy atom. The normalized spacial score (nSPS) is 12.8. The van der Waals surface area contributed by atoms with E-state index in [9.17, 15) is 9.90 Å². The van der Waals surface area contributed by atoms with Gasteiger partial charge < -0.3 is 9.94 Å². The van der Waals surface area contributed by atoms with Crippen molar-refractivity contribution >= 4 is 18.8 Å². The lowest BCUT2D eigenvalue weighted by atomic mass is 9.96. The van der Waals surface area contributed by atoms with Gasteiger partial charge in [-0.1, -0.05) is 55.4 Å². The fourth-order valence-electron chi connectivity index (χ4n) is 1.82. The number of thiol groups is 1. The maximum absolute atomic E-state index is 11.8. The van der Waals surface area contributed by atoms with Gasteiger partial charge in [-0.2, -0.15) is 0 Å². The van der Waals surface area contributed by atoms with Crippen molar-refractivity contribution in [3.05, 3.63) is 35.4 Å². The van der Waals surface area contributed by atoms with Crippen molar-refractivity contribution in [2.45, 2.75) is 39.7 Å². The molecule has 1 aromatic carbocycles. The molecule has 0 aliphatic heterocycles. The van der Waals surface area contributed by atoms with E-state index in [4.69, 9.17) is 4.84 Å². The van der Waals surface area contributed by atoms with Crippen LogP contribution >= 0.6 is 12.8 Å². The van der Waals surface area contributed by atoms with E-state index < -0.39 is 12.1 Å². The van der Waals surface area contributed by atoms with Crippen LogP contribution in [0.5, 0.6) is 0 Å². The van der Waals surface area contributed by atoms with Crippen molar-refractivity contribution in [1.29, 1.82) is 0 Å². The summed E-state index contributed by atoms with van der Waals surface area (Å²) in [5, 5.41) is 10.1. The smallest absolute Gasteiger partial charge is 0.359 e. The maximum atomic E-state index is 11.8. The molecule has 20 heavy (non-hydrogen) atoms. The molecule has 112 valence electrons. The standard InChI is InChI=1S/C15H23NO3S/c1-4-16(20)19-15(18)14(17)13-8-6-5-7-12(13)10-9-11(2)3/h5-8,11,14,17,20H,4,9-10H2,1-3H3/t14-/m1/s1. The number of hydrogen-bond acceptors (Lipinski definition) is 5. The highest BCUT2D eigenvalue weighted by Gasteiger charge is 2.23. The van der Waals surface area contributed by atoms with Crippen LogP contribution in [-0.2, 0) is 16.1 Å². The number of nitrogens with zero attached hydrogens (tertiary/aromatic N) is 1. The van der Waals surface area contributed by atoms with Crippen LogP contribution in [0, 0.1) is 5.92 Å². The molecule has 0 aliphatic rings. The van der Waals surface area contributed by atoms with Crippen molar-refractivity contribution in [3.8, 4) is 0 Å². The average Bonchev–Trinajstić information content (AvgIpc) is 2.44. The van der Waals surface area contributed by atoms with E-state index in [1.807, 2.05) is 18.2 Å². The molecule has 0 bridgehead atoms. The molecule has 0 heterocycles. The van der Waals surface area contributed by atoms with Gasteiger partial charge in [0.1, 0.15) is 0 Å². The average molecular weight is 297 g/mol. The zero-order valence-corrected chi connectivity index (χ0v) is 13.1. The van der Waals surface area contributed by atoms with Crippen molar-refractivity contribution < 1.29 is 14.7 Å². The molecule has 0 fully saturated rings. The Bertz CT molecular complexity index is 437. The first kappa shape index (κ1) is 17.0. The molecule has 1 N–H and O–H groups in total. The second-order valence-corrected chi connectivity index (χ2v) is 5.56. The number of hydroxylamine groups is 1. The van der Waals surface area contributed by atoms with Crippen LogP contribution in [0.4, 0.5) is 0 Å². The third-order valence-corrected chi connectivity index (χ3v) is 3.39. The molecule has 1 aromatic rings. The fraction of sp³-hybridized carbons (Fsp3) is 0.533. The Balaban J connectivity index is 2.81. The number of carbonyl (C=O) groups is 1. The Hall–Kier alpha value is -1.04. The molecule has 4 nitrogen and oxygen atoms in total. The van der Waals surface area contributed by atoms with Crippen LogP contribution in [-0.4, -0.2) is 22.1 Å². The van der Waals surface area contributed by atoms with Crippen LogP contribution < -0.4 is 0 Å². The monoisotopic (exact) mass is 297 g/mol. The third-order valence-electron chi connectivity index (χ3n) is 3.03. The Labute approximate surface area is 126 Å². The first-order chi connectivity index (χ1) is 9.45. The maximum Gasteiger partial charge on any atom is 0.359 e. The summed E-state index contributed by atoms with van der Waals surface area (Å²) in [5.74, 6) is -0.140. The van der Waals surface area contributed by atoms with Gasteiger partial charge in [-0.3, -0.25) is 0 Å². The molecule has 1 rings (SSSR count). The highest BCUT2D eigenvalue weighted by atomic mass is 32.1. The van der Waals surface area contributed by atoms with E-state index in [-0.39, 0.29) is 0 Å². The summed E-state index contributed by atoms with van der Waals surface area (Å²) in [7, 11) is 0. The van der Waals surface area contributed by atoms with Gasteiger partial charge in [-0.15, -0.1) is 0 Å². The summed E-state index contributed by atoms with van der Waals surface area (Å²) in [5.41, 5.74) is 1.59. The van der Waals surface area contributed by atoms with E-state index in [2.05, 4.69) is 26.7 Å². The molecule has 0 unspecified atom stereocenters. The van der Waals surface area contributed by atoms with E-state index in [0.29, 0.717) is 18.0 Å². The quantitative estimate of drug-likeness (QED) is 0.600. The molecule has 1 atom stereocenters. The van der Waals surface area contributed by atoms with Crippen LogP contribution in [0.15, 0.2) is 24.3 Å². The van der Waals surface area contributed by atoms with E-state index >= 15 is 0 Å². The molecule has 0 saturated carbocycles. The van der Waals surface area contributed by atoms with E-state index in [0.717, 1.165) is 22.9 Å². The lowest BCUT2D eigenvalue weighted by Gasteiger charge is -2.18. The largest absolute Gasteiger partial charge is 0.377 e. The van der Waals surface area contributed by atoms with Crippen LogP contribution in [0.2, 0.25) is 0 Å². The molecule has 5 heteroatoms. The van der Waals surface area contributed by atoms with Gasteiger partial charge in [0.05, 0.1) is 0 Å². The highest BCUT2D eigenvalue weighted by Crippen LogP contribution is 2.22. The summed E-state index contributed by atoms with van der Waals surface area (Å²) in [6.45, 7) is 6.53. The molecular weight excluding hydrogens is 274 g/mol. The number of aliphatic hydroxyl groups excluding tert-OH is 1. The Morgan fingerprint density at radius 1 is 1.40 bits per heavy atom. The van der Waals surface area contributed by atoms with E-state index in [1.165, 1.54) is 0 Å². The number of aryl methyl sites for hydroxylation is 1. The number of hydrogen-bond donors (Lipinski definition) is 2. The van der Waals surface area contributed by atoms with Crippen molar-refractivity contribution in [2.75, 3.05) is 6.54 Å². The second-order valence-electron chi connectivity index (χ2n) is 5.11. The second kappa shape index (κ2) is 8.29. The first-order valence-electron chi connectivity index (χ1n) is 6.89. The number of rotatable bonds is 7. The van der Waals surface area contributed by atoms with Crippen molar-refractivity contribution in [2.24, 2.45) is 5.92 Å². The molecule has 0 saturated heterocycles. The predicted octanol–water partition coefficient (Wildman–Crippen LogP) is 2.93. The van der Waals surface area contributed by atoms with Crippen molar-refractivity contribution in [3.63, 3.8) is 0 Å². The van der Waals surface area contributed by atoms with Gasteiger partial charge in [-0.25, -0.2) is 4.79 Å². The number of benzene rings is 1. The molecule has 0 spiro atoms. The lowest BCUT2D eigenvalue weighted by molar-refractivity contribution is -0.177. The SMILES string of the molecule is CCN(S)OC(=O)[C@H](O)c1ccccc1CCC(C)C. The Morgan fingerprint density at radius 3 is 2.65 bits per heavy atom.